The normalized spacial score (nSPS) is 15.7. The van der Waals surface area contributed by atoms with Gasteiger partial charge in [-0.05, 0) is 31.2 Å². The Balaban J connectivity index is 2.01. The van der Waals surface area contributed by atoms with Gasteiger partial charge in [-0.1, -0.05) is 0 Å². The minimum Gasteiger partial charge on any atom is -0.368 e. The number of rotatable bonds is 2. The van der Waals surface area contributed by atoms with Crippen molar-refractivity contribution >= 4 is 17.4 Å². The molecule has 1 amide bonds. The van der Waals surface area contributed by atoms with Gasteiger partial charge in [-0.25, -0.2) is 0 Å². The van der Waals surface area contributed by atoms with Crippen LogP contribution in [0.5, 0.6) is 0 Å². The van der Waals surface area contributed by atoms with Gasteiger partial charge >= 0.3 is 0 Å². The van der Waals surface area contributed by atoms with Gasteiger partial charge in [0.1, 0.15) is 0 Å². The van der Waals surface area contributed by atoms with E-state index in [9.17, 15) is 9.59 Å². The number of carbonyl (C=O) groups excluding carboxylic acids is 2. The molecule has 0 saturated carbocycles. The molecule has 0 aromatic heterocycles. The lowest BCUT2D eigenvalue weighted by molar-refractivity contribution is -0.129. The Kier molecular flexibility index (Phi) is 3.65. The number of benzene rings is 1. The topological polar surface area (TPSA) is 40.6 Å². The van der Waals surface area contributed by atoms with E-state index >= 15 is 0 Å². The van der Waals surface area contributed by atoms with Crippen LogP contribution in [0, 0.1) is 0 Å². The van der Waals surface area contributed by atoms with Gasteiger partial charge in [0.15, 0.2) is 5.78 Å². The highest BCUT2D eigenvalue weighted by molar-refractivity contribution is 5.94. The summed E-state index contributed by atoms with van der Waals surface area (Å²) in [6.45, 7) is 6.41. The number of anilines is 1. The summed E-state index contributed by atoms with van der Waals surface area (Å²) in [5, 5.41) is 0. The third-order valence-electron chi connectivity index (χ3n) is 3.36. The summed E-state index contributed by atoms with van der Waals surface area (Å²) in [6.07, 6.45) is 0. The number of hydrogen-bond donors (Lipinski definition) is 0. The highest BCUT2D eigenvalue weighted by Gasteiger charge is 2.18. The van der Waals surface area contributed by atoms with Crippen LogP contribution in [0.25, 0.3) is 0 Å². The summed E-state index contributed by atoms with van der Waals surface area (Å²) in [5.41, 5.74) is 1.85. The van der Waals surface area contributed by atoms with Gasteiger partial charge in [-0.2, -0.15) is 0 Å². The Bertz CT molecular complexity index is 445. The average Bonchev–Trinajstić information content (AvgIpc) is 2.39. The van der Waals surface area contributed by atoms with E-state index in [0.717, 1.165) is 37.4 Å². The number of hydrogen-bond acceptors (Lipinski definition) is 3. The van der Waals surface area contributed by atoms with E-state index in [1.807, 2.05) is 29.2 Å². The summed E-state index contributed by atoms with van der Waals surface area (Å²) in [7, 11) is 0. The van der Waals surface area contributed by atoms with Gasteiger partial charge in [0.25, 0.3) is 0 Å². The molecule has 0 atom stereocenters. The summed E-state index contributed by atoms with van der Waals surface area (Å²) in [4.78, 5) is 26.5. The van der Waals surface area contributed by atoms with Crippen LogP contribution in [-0.2, 0) is 4.79 Å². The van der Waals surface area contributed by atoms with Crippen LogP contribution < -0.4 is 4.90 Å². The van der Waals surface area contributed by atoms with E-state index in [1.165, 1.54) is 0 Å². The van der Waals surface area contributed by atoms with Crippen molar-refractivity contribution in [1.82, 2.24) is 4.90 Å². The molecule has 1 aromatic carbocycles. The SMILES string of the molecule is CC(=O)c1ccc(N2CCN(C(C)=O)CC2)cc1. The fraction of sp³-hybridized carbons (Fsp3) is 0.429. The smallest absolute Gasteiger partial charge is 0.219 e. The van der Waals surface area contributed by atoms with Crippen molar-refractivity contribution < 1.29 is 9.59 Å². The van der Waals surface area contributed by atoms with Crippen molar-refractivity contribution in [2.24, 2.45) is 0 Å². The first-order chi connectivity index (χ1) is 8.58. The minimum absolute atomic E-state index is 0.0861. The maximum atomic E-state index is 11.2. The lowest BCUT2D eigenvalue weighted by Crippen LogP contribution is -2.48. The van der Waals surface area contributed by atoms with Crippen molar-refractivity contribution in [2.45, 2.75) is 13.8 Å². The first-order valence-electron chi connectivity index (χ1n) is 6.19. The highest BCUT2D eigenvalue weighted by atomic mass is 16.2. The van der Waals surface area contributed by atoms with Gasteiger partial charge in [0, 0.05) is 44.4 Å². The molecule has 96 valence electrons. The number of amides is 1. The predicted octanol–water partition coefficient (Wildman–Crippen LogP) is 1.56. The number of Topliss-reactive ketones (excluding diaryl/α,β-unsaturated/α-hetero) is 1. The van der Waals surface area contributed by atoms with Crippen molar-refractivity contribution in [3.8, 4) is 0 Å². The molecule has 1 aliphatic heterocycles. The van der Waals surface area contributed by atoms with Crippen LogP contribution in [0.1, 0.15) is 24.2 Å². The van der Waals surface area contributed by atoms with Crippen molar-refractivity contribution in [3.63, 3.8) is 0 Å². The maximum absolute atomic E-state index is 11.2. The van der Waals surface area contributed by atoms with E-state index < -0.39 is 0 Å². The van der Waals surface area contributed by atoms with Crippen LogP contribution in [-0.4, -0.2) is 42.8 Å². The second kappa shape index (κ2) is 5.21. The van der Waals surface area contributed by atoms with Gasteiger partial charge < -0.3 is 9.80 Å². The minimum atomic E-state index is 0.0861. The van der Waals surface area contributed by atoms with Gasteiger partial charge in [-0.3, -0.25) is 9.59 Å². The molecule has 2 rings (SSSR count). The monoisotopic (exact) mass is 246 g/mol. The molecule has 0 aliphatic carbocycles. The molecule has 1 aliphatic rings. The number of ketones is 1. The summed E-state index contributed by atoms with van der Waals surface area (Å²) in [6, 6.07) is 7.66. The molecule has 0 bridgehead atoms. The van der Waals surface area contributed by atoms with Gasteiger partial charge in [0.05, 0.1) is 0 Å². The Morgan fingerprint density at radius 1 is 0.944 bits per heavy atom. The maximum Gasteiger partial charge on any atom is 0.219 e. The molecule has 0 radical (unpaired) electrons. The Labute approximate surface area is 107 Å². The second-order valence-corrected chi connectivity index (χ2v) is 4.60. The molecular formula is C14H18N2O2. The second-order valence-electron chi connectivity index (χ2n) is 4.60. The average molecular weight is 246 g/mol. The number of piperazine rings is 1. The lowest BCUT2D eigenvalue weighted by atomic mass is 10.1. The predicted molar refractivity (Wildman–Crippen MR) is 70.9 cm³/mol. The van der Waals surface area contributed by atoms with Crippen LogP contribution in [0.3, 0.4) is 0 Å². The number of nitrogens with zero attached hydrogens (tertiary/aromatic N) is 2. The van der Waals surface area contributed by atoms with Crippen molar-refractivity contribution in [1.29, 1.82) is 0 Å². The third-order valence-corrected chi connectivity index (χ3v) is 3.36. The van der Waals surface area contributed by atoms with Crippen LogP contribution in [0.4, 0.5) is 5.69 Å². The van der Waals surface area contributed by atoms with E-state index in [1.54, 1.807) is 13.8 Å². The molecule has 0 N–H and O–H groups in total. The Morgan fingerprint density at radius 2 is 1.50 bits per heavy atom. The summed E-state index contributed by atoms with van der Waals surface area (Å²) >= 11 is 0. The molecule has 1 fully saturated rings. The fourth-order valence-corrected chi connectivity index (χ4v) is 2.19. The van der Waals surface area contributed by atoms with E-state index in [4.69, 9.17) is 0 Å². The van der Waals surface area contributed by atoms with Crippen LogP contribution in [0.15, 0.2) is 24.3 Å². The Hall–Kier alpha value is -1.84. The van der Waals surface area contributed by atoms with Crippen molar-refractivity contribution in [2.75, 3.05) is 31.1 Å². The standard InChI is InChI=1S/C14H18N2O2/c1-11(17)13-3-5-14(6-4-13)16-9-7-15(8-10-16)12(2)18/h3-6H,7-10H2,1-2H3. The summed E-state index contributed by atoms with van der Waals surface area (Å²) < 4.78 is 0. The van der Waals surface area contributed by atoms with E-state index in [2.05, 4.69) is 4.90 Å². The van der Waals surface area contributed by atoms with E-state index in [0.29, 0.717) is 0 Å². The molecule has 1 aromatic rings. The van der Waals surface area contributed by atoms with E-state index in [-0.39, 0.29) is 11.7 Å². The number of carbonyl (C=O) groups is 2. The molecule has 18 heavy (non-hydrogen) atoms. The third kappa shape index (κ3) is 2.70. The van der Waals surface area contributed by atoms with Crippen LogP contribution in [0.2, 0.25) is 0 Å². The first kappa shape index (κ1) is 12.6. The molecule has 0 spiro atoms. The molecule has 1 saturated heterocycles. The fourth-order valence-electron chi connectivity index (χ4n) is 2.19. The largest absolute Gasteiger partial charge is 0.368 e. The molecule has 1 heterocycles. The zero-order valence-corrected chi connectivity index (χ0v) is 10.8. The van der Waals surface area contributed by atoms with Crippen LogP contribution >= 0.6 is 0 Å². The molecule has 4 heteroatoms. The van der Waals surface area contributed by atoms with Gasteiger partial charge in [0.2, 0.25) is 5.91 Å². The molecule has 0 unspecified atom stereocenters. The first-order valence-corrected chi connectivity index (χ1v) is 6.19. The molecule has 4 nitrogen and oxygen atoms in total. The lowest BCUT2D eigenvalue weighted by Gasteiger charge is -2.35. The quantitative estimate of drug-likeness (QED) is 0.743. The molecular weight excluding hydrogens is 228 g/mol. The Morgan fingerprint density at radius 3 is 1.94 bits per heavy atom. The summed E-state index contributed by atoms with van der Waals surface area (Å²) in [5.74, 6) is 0.226. The van der Waals surface area contributed by atoms with Crippen molar-refractivity contribution in [3.05, 3.63) is 29.8 Å². The zero-order valence-electron chi connectivity index (χ0n) is 10.8. The zero-order chi connectivity index (χ0) is 13.1. The van der Waals surface area contributed by atoms with Gasteiger partial charge in [-0.15, -0.1) is 0 Å². The highest BCUT2D eigenvalue weighted by Crippen LogP contribution is 2.17.